The van der Waals surface area contributed by atoms with Gasteiger partial charge in [0.05, 0.1) is 0 Å². The van der Waals surface area contributed by atoms with Crippen molar-refractivity contribution in [1.29, 1.82) is 0 Å². The number of aliphatic carboxylic acids is 1. The fraction of sp³-hybridized carbons (Fsp3) is 0.846. The zero-order valence-corrected chi connectivity index (χ0v) is 12.3. The first-order valence-corrected chi connectivity index (χ1v) is 6.55. The molecular weight excluding hydrogens is 248 g/mol. The number of carboxylic acids is 1. The summed E-state index contributed by atoms with van der Waals surface area (Å²) in [5, 5.41) is 20.3. The Morgan fingerprint density at radius 2 is 1.79 bits per heavy atom. The summed E-state index contributed by atoms with van der Waals surface area (Å²) in [7, 11) is 1.63. The van der Waals surface area contributed by atoms with Gasteiger partial charge in [0.25, 0.3) is 0 Å². The van der Waals surface area contributed by atoms with Crippen LogP contribution in [0.5, 0.6) is 0 Å². The Hall–Kier alpha value is -1.30. The van der Waals surface area contributed by atoms with Gasteiger partial charge in [0, 0.05) is 20.2 Å². The summed E-state index contributed by atoms with van der Waals surface area (Å²) < 4.78 is 0. The van der Waals surface area contributed by atoms with E-state index in [1.807, 2.05) is 0 Å². The van der Waals surface area contributed by atoms with Crippen LogP contribution in [0.3, 0.4) is 0 Å². The van der Waals surface area contributed by atoms with Crippen LogP contribution in [0.4, 0.5) is 4.79 Å². The minimum Gasteiger partial charge on any atom is -0.480 e. The van der Waals surface area contributed by atoms with Gasteiger partial charge in [-0.3, -0.25) is 0 Å². The first kappa shape index (κ1) is 17.7. The number of nitrogens with one attached hydrogen (secondary N) is 1. The monoisotopic (exact) mass is 274 g/mol. The minimum atomic E-state index is -1.03. The van der Waals surface area contributed by atoms with Gasteiger partial charge in [0.1, 0.15) is 6.04 Å². The van der Waals surface area contributed by atoms with Crippen molar-refractivity contribution in [1.82, 2.24) is 10.2 Å². The highest BCUT2D eigenvalue weighted by Crippen LogP contribution is 2.19. The third-order valence-corrected chi connectivity index (χ3v) is 2.88. The maximum atomic E-state index is 11.9. The molecule has 0 saturated heterocycles. The smallest absolute Gasteiger partial charge is 0.326 e. The van der Waals surface area contributed by atoms with E-state index in [1.165, 1.54) is 4.90 Å². The number of carboxylic acid groups (broad SMARTS) is 1. The minimum absolute atomic E-state index is 0.154. The first-order valence-electron chi connectivity index (χ1n) is 6.55. The summed E-state index contributed by atoms with van der Waals surface area (Å²) in [5.41, 5.74) is -0.542. The number of nitrogens with zero attached hydrogens (tertiary/aromatic N) is 1. The number of rotatable bonds is 7. The summed E-state index contributed by atoms with van der Waals surface area (Å²) in [6, 6.07) is -1.30. The number of aliphatic hydroxyl groups excluding tert-OH is 1. The van der Waals surface area contributed by atoms with Crippen molar-refractivity contribution in [2.75, 3.05) is 20.2 Å². The van der Waals surface area contributed by atoms with Crippen LogP contribution in [0.2, 0.25) is 0 Å². The molecule has 6 nitrogen and oxygen atoms in total. The summed E-state index contributed by atoms with van der Waals surface area (Å²) in [4.78, 5) is 24.5. The molecule has 3 N–H and O–H groups in total. The fourth-order valence-corrected chi connectivity index (χ4v) is 1.62. The number of hydrogen-bond donors (Lipinski definition) is 3. The van der Waals surface area contributed by atoms with Crippen LogP contribution in [0.15, 0.2) is 0 Å². The van der Waals surface area contributed by atoms with Gasteiger partial charge >= 0.3 is 12.0 Å². The first-order chi connectivity index (χ1) is 8.70. The van der Waals surface area contributed by atoms with Gasteiger partial charge in [-0.05, 0) is 24.7 Å². The maximum absolute atomic E-state index is 11.9. The lowest BCUT2D eigenvalue weighted by atomic mass is 9.87. The molecule has 0 aromatic heterocycles. The number of aliphatic hydroxyl groups is 1. The Balaban J connectivity index is 4.29. The third-order valence-electron chi connectivity index (χ3n) is 2.88. The molecule has 0 heterocycles. The van der Waals surface area contributed by atoms with Gasteiger partial charge in [0.2, 0.25) is 0 Å². The molecule has 0 spiro atoms. The van der Waals surface area contributed by atoms with Crippen LogP contribution < -0.4 is 5.32 Å². The fourth-order valence-electron chi connectivity index (χ4n) is 1.62. The Morgan fingerprint density at radius 1 is 1.21 bits per heavy atom. The molecule has 0 aliphatic carbocycles. The third kappa shape index (κ3) is 7.00. The van der Waals surface area contributed by atoms with Crippen molar-refractivity contribution in [2.24, 2.45) is 5.41 Å². The van der Waals surface area contributed by atoms with Crippen molar-refractivity contribution >= 4 is 12.0 Å². The highest BCUT2D eigenvalue weighted by molar-refractivity contribution is 5.83. The van der Waals surface area contributed by atoms with Gasteiger partial charge in [0.15, 0.2) is 0 Å². The Morgan fingerprint density at radius 3 is 2.21 bits per heavy atom. The van der Waals surface area contributed by atoms with Crippen molar-refractivity contribution in [2.45, 2.75) is 46.1 Å². The van der Waals surface area contributed by atoms with Gasteiger partial charge in [-0.2, -0.15) is 0 Å². The number of unbranched alkanes of at least 4 members (excludes halogenated alkanes) is 2. The van der Waals surface area contributed by atoms with Gasteiger partial charge in [-0.25, -0.2) is 9.59 Å². The summed E-state index contributed by atoms with van der Waals surface area (Å²) in [6.45, 7) is 6.01. The van der Waals surface area contributed by atoms with Crippen LogP contribution in [0, 0.1) is 5.41 Å². The molecule has 19 heavy (non-hydrogen) atoms. The van der Waals surface area contributed by atoms with E-state index in [0.717, 1.165) is 19.3 Å². The standard InChI is InChI=1S/C13H26N2O4/c1-13(2,3)10(11(17)18)14-12(19)15(4)8-6-5-7-9-16/h10,16H,5-9H2,1-4H3,(H,14,19)(H,17,18)/t10-/m1/s1. The van der Waals surface area contributed by atoms with Crippen LogP contribution in [-0.2, 0) is 4.79 Å². The molecule has 1 atom stereocenters. The average Bonchev–Trinajstić information content (AvgIpc) is 2.29. The number of carbonyl (C=O) groups is 2. The molecule has 0 bridgehead atoms. The quantitative estimate of drug-likeness (QED) is 0.610. The number of urea groups is 1. The van der Waals surface area contributed by atoms with E-state index in [2.05, 4.69) is 5.32 Å². The summed E-state index contributed by atoms with van der Waals surface area (Å²) in [6.07, 6.45) is 2.35. The molecule has 0 aliphatic heterocycles. The highest BCUT2D eigenvalue weighted by Gasteiger charge is 2.33. The molecule has 0 aromatic carbocycles. The van der Waals surface area contributed by atoms with Crippen LogP contribution in [0.1, 0.15) is 40.0 Å². The molecule has 0 rings (SSSR count). The van der Waals surface area contributed by atoms with Gasteiger partial charge in [-0.15, -0.1) is 0 Å². The van der Waals surface area contributed by atoms with Crippen LogP contribution >= 0.6 is 0 Å². The highest BCUT2D eigenvalue weighted by atomic mass is 16.4. The van der Waals surface area contributed by atoms with Crippen molar-refractivity contribution < 1.29 is 19.8 Å². The van der Waals surface area contributed by atoms with E-state index in [1.54, 1.807) is 27.8 Å². The molecule has 6 heteroatoms. The van der Waals surface area contributed by atoms with Crippen LogP contribution in [-0.4, -0.2) is 53.4 Å². The van der Waals surface area contributed by atoms with E-state index in [-0.39, 0.29) is 12.6 Å². The predicted octanol–water partition coefficient (Wildman–Crippen LogP) is 1.29. The largest absolute Gasteiger partial charge is 0.480 e. The summed E-state index contributed by atoms with van der Waals surface area (Å²) >= 11 is 0. The van der Waals surface area contributed by atoms with Crippen molar-refractivity contribution in [3.05, 3.63) is 0 Å². The molecule has 0 unspecified atom stereocenters. The predicted molar refractivity (Wildman–Crippen MR) is 73.0 cm³/mol. The Labute approximate surface area is 114 Å². The average molecular weight is 274 g/mol. The molecule has 112 valence electrons. The van der Waals surface area contributed by atoms with Crippen molar-refractivity contribution in [3.8, 4) is 0 Å². The number of amides is 2. The molecular formula is C13H26N2O4. The van der Waals surface area contributed by atoms with Gasteiger partial charge < -0.3 is 20.4 Å². The van der Waals surface area contributed by atoms with Crippen molar-refractivity contribution in [3.63, 3.8) is 0 Å². The zero-order chi connectivity index (χ0) is 15.1. The molecule has 0 aliphatic rings. The summed E-state index contributed by atoms with van der Waals surface area (Å²) in [5.74, 6) is -1.03. The van der Waals surface area contributed by atoms with E-state index in [4.69, 9.17) is 10.2 Å². The van der Waals surface area contributed by atoms with Gasteiger partial charge in [-0.1, -0.05) is 20.8 Å². The van der Waals surface area contributed by atoms with E-state index < -0.39 is 17.4 Å². The lowest BCUT2D eigenvalue weighted by Gasteiger charge is -2.29. The SMILES string of the molecule is CN(CCCCCO)C(=O)N[C@H](C(=O)O)C(C)(C)C. The van der Waals surface area contributed by atoms with E-state index in [9.17, 15) is 9.59 Å². The molecule has 0 saturated carbocycles. The molecule has 0 aromatic rings. The molecule has 2 amide bonds. The van der Waals surface area contributed by atoms with E-state index in [0.29, 0.717) is 6.54 Å². The molecule has 0 fully saturated rings. The maximum Gasteiger partial charge on any atom is 0.326 e. The Kier molecular flexibility index (Phi) is 7.44. The number of carbonyl (C=O) groups excluding carboxylic acids is 1. The zero-order valence-electron chi connectivity index (χ0n) is 12.3. The number of hydrogen-bond acceptors (Lipinski definition) is 3. The second-order valence-electron chi connectivity index (χ2n) is 5.79. The normalized spacial score (nSPS) is 12.9. The lowest BCUT2D eigenvalue weighted by Crippen LogP contribution is -2.52. The lowest BCUT2D eigenvalue weighted by molar-refractivity contribution is -0.142. The topological polar surface area (TPSA) is 89.9 Å². The second-order valence-corrected chi connectivity index (χ2v) is 5.79. The molecule has 0 radical (unpaired) electrons. The Bertz CT molecular complexity index is 300. The second kappa shape index (κ2) is 7.99. The van der Waals surface area contributed by atoms with E-state index >= 15 is 0 Å². The van der Waals surface area contributed by atoms with Crippen LogP contribution in [0.25, 0.3) is 0 Å².